The van der Waals surface area contributed by atoms with Gasteiger partial charge in [-0.15, -0.1) is 0 Å². The summed E-state index contributed by atoms with van der Waals surface area (Å²) < 4.78 is 25.0. The number of ketones is 1. The lowest BCUT2D eigenvalue weighted by Gasteiger charge is -2.27. The number of benzene rings is 3. The van der Waals surface area contributed by atoms with Gasteiger partial charge in [0.05, 0.1) is 12.1 Å². The molecule has 0 amide bonds. The second kappa shape index (κ2) is 10.6. The molecule has 0 N–H and O–H groups in total. The van der Waals surface area contributed by atoms with Gasteiger partial charge in [0.2, 0.25) is 5.78 Å². The first kappa shape index (κ1) is 24.2. The lowest BCUT2D eigenvalue weighted by Crippen LogP contribution is -2.33. The zero-order chi connectivity index (χ0) is 25.8. The Hall–Kier alpha value is -4.52. The highest BCUT2D eigenvalue weighted by Gasteiger charge is 2.24. The first-order valence-corrected chi connectivity index (χ1v) is 12.1. The maximum atomic E-state index is 12.9. The average Bonchev–Trinajstić information content (AvgIpc) is 3.21. The lowest BCUT2D eigenvalue weighted by molar-refractivity contribution is 0.0474. The topological polar surface area (TPSA) is 76.0 Å². The van der Waals surface area contributed by atoms with Crippen LogP contribution in [-0.4, -0.2) is 35.6 Å². The van der Waals surface area contributed by atoms with Gasteiger partial charge in [-0.1, -0.05) is 30.3 Å². The predicted molar refractivity (Wildman–Crippen MR) is 138 cm³/mol. The van der Waals surface area contributed by atoms with Crippen molar-refractivity contribution in [3.05, 3.63) is 107 Å². The number of fused-ring (bicyclic) bond motifs is 1. The number of carbonyl (C=O) groups excluding carboxylic acids is 2. The minimum Gasteiger partial charge on any atom is -0.486 e. The van der Waals surface area contributed by atoms with E-state index in [1.54, 1.807) is 24.3 Å². The summed E-state index contributed by atoms with van der Waals surface area (Å²) in [5.41, 5.74) is 2.58. The number of ether oxygens (including phenoxy) is 4. The fraction of sp³-hybridized carbons (Fsp3) is 0.200. The van der Waals surface area contributed by atoms with Crippen LogP contribution in [0.25, 0.3) is 0 Å². The summed E-state index contributed by atoms with van der Waals surface area (Å²) >= 11 is 0. The molecule has 3 aromatic carbocycles. The molecule has 1 atom stereocenters. The summed E-state index contributed by atoms with van der Waals surface area (Å²) in [5, 5.41) is 0. The van der Waals surface area contributed by atoms with Crippen LogP contribution in [0.4, 0.5) is 0 Å². The van der Waals surface area contributed by atoms with E-state index in [1.165, 1.54) is 0 Å². The SMILES string of the molecule is Cc1cc(C(=O)COC(=O)c2ccc(Oc3ccccc3)cc2)c(C)n1CC1COc2ccccc2O1. The first-order chi connectivity index (χ1) is 18.0. The van der Waals surface area contributed by atoms with Gasteiger partial charge in [0, 0.05) is 17.0 Å². The van der Waals surface area contributed by atoms with Crippen LogP contribution in [0, 0.1) is 13.8 Å². The van der Waals surface area contributed by atoms with Crippen molar-refractivity contribution in [2.24, 2.45) is 0 Å². The maximum Gasteiger partial charge on any atom is 0.338 e. The summed E-state index contributed by atoms with van der Waals surface area (Å²) in [6.07, 6.45) is -0.186. The maximum absolute atomic E-state index is 12.9. The molecule has 7 nitrogen and oxygen atoms in total. The lowest BCUT2D eigenvalue weighted by atomic mass is 10.1. The Labute approximate surface area is 215 Å². The molecule has 4 aromatic rings. The van der Waals surface area contributed by atoms with Crippen LogP contribution in [0.1, 0.15) is 32.1 Å². The predicted octanol–water partition coefficient (Wildman–Crippen LogP) is 5.78. The normalized spacial score (nSPS) is 14.2. The number of rotatable bonds is 8. The van der Waals surface area contributed by atoms with Crippen LogP contribution in [0.3, 0.4) is 0 Å². The largest absolute Gasteiger partial charge is 0.486 e. The third-order valence-electron chi connectivity index (χ3n) is 6.23. The number of Topliss-reactive ketones (excluding diaryl/α,β-unsaturated/α-hetero) is 1. The standard InChI is InChI=1S/C30H27NO6/c1-20-16-26(21(2)31(20)17-25-18-34-28-10-6-7-11-29(28)37-25)27(32)19-35-30(33)22-12-14-24(15-13-22)36-23-8-4-3-5-9-23/h3-16,25H,17-19H2,1-2H3. The highest BCUT2D eigenvalue weighted by atomic mass is 16.6. The van der Waals surface area contributed by atoms with E-state index in [0.717, 1.165) is 17.1 Å². The molecule has 0 spiro atoms. The van der Waals surface area contributed by atoms with E-state index in [-0.39, 0.29) is 18.5 Å². The number of hydrogen-bond acceptors (Lipinski definition) is 6. The molecule has 1 aliphatic heterocycles. The summed E-state index contributed by atoms with van der Waals surface area (Å²) in [6, 6.07) is 25.4. The van der Waals surface area contributed by atoms with E-state index in [2.05, 4.69) is 0 Å². The average molecular weight is 498 g/mol. The van der Waals surface area contributed by atoms with Crippen LogP contribution in [0.15, 0.2) is 84.9 Å². The Morgan fingerprint density at radius 2 is 1.57 bits per heavy atom. The third kappa shape index (κ3) is 5.51. The van der Waals surface area contributed by atoms with E-state index in [4.69, 9.17) is 18.9 Å². The highest BCUT2D eigenvalue weighted by Crippen LogP contribution is 2.31. The number of para-hydroxylation sites is 3. The van der Waals surface area contributed by atoms with Crippen molar-refractivity contribution in [2.45, 2.75) is 26.5 Å². The summed E-state index contributed by atoms with van der Waals surface area (Å²) in [6.45, 7) is 4.43. The Bertz CT molecular complexity index is 1410. The molecule has 0 bridgehead atoms. The van der Waals surface area contributed by atoms with Gasteiger partial charge in [0.25, 0.3) is 0 Å². The van der Waals surface area contributed by atoms with Crippen molar-refractivity contribution in [3.8, 4) is 23.0 Å². The third-order valence-corrected chi connectivity index (χ3v) is 6.23. The molecule has 1 unspecified atom stereocenters. The van der Waals surface area contributed by atoms with Crippen molar-refractivity contribution < 1.29 is 28.5 Å². The van der Waals surface area contributed by atoms with Crippen LogP contribution >= 0.6 is 0 Å². The number of hydrogen-bond donors (Lipinski definition) is 0. The fourth-order valence-electron chi connectivity index (χ4n) is 4.30. The molecular formula is C30H27NO6. The highest BCUT2D eigenvalue weighted by molar-refractivity contribution is 6.00. The van der Waals surface area contributed by atoms with Gasteiger partial charge in [-0.05, 0) is 68.4 Å². The summed E-state index contributed by atoms with van der Waals surface area (Å²) in [4.78, 5) is 25.4. The monoisotopic (exact) mass is 497 g/mol. The van der Waals surface area contributed by atoms with Crippen LogP contribution in [0.5, 0.6) is 23.0 Å². The fourth-order valence-corrected chi connectivity index (χ4v) is 4.30. The van der Waals surface area contributed by atoms with Gasteiger partial charge in [-0.3, -0.25) is 4.79 Å². The molecule has 0 saturated heterocycles. The molecule has 188 valence electrons. The van der Waals surface area contributed by atoms with Gasteiger partial charge in [-0.25, -0.2) is 4.79 Å². The van der Waals surface area contributed by atoms with Gasteiger partial charge in [0.15, 0.2) is 24.2 Å². The molecule has 0 saturated carbocycles. The molecule has 0 fully saturated rings. The van der Waals surface area contributed by atoms with Crippen molar-refractivity contribution in [1.29, 1.82) is 0 Å². The number of aromatic nitrogens is 1. The number of aryl methyl sites for hydroxylation is 1. The number of esters is 1. The second-order valence-corrected chi connectivity index (χ2v) is 8.83. The Kier molecular flexibility index (Phi) is 6.94. The van der Waals surface area contributed by atoms with E-state index < -0.39 is 5.97 Å². The molecule has 37 heavy (non-hydrogen) atoms. The summed E-state index contributed by atoms with van der Waals surface area (Å²) in [5.74, 6) is 1.91. The smallest absolute Gasteiger partial charge is 0.338 e. The van der Waals surface area contributed by atoms with Crippen LogP contribution < -0.4 is 14.2 Å². The minimum absolute atomic E-state index is 0.186. The van der Waals surface area contributed by atoms with Gasteiger partial charge in [0.1, 0.15) is 18.1 Å². The number of nitrogens with zero attached hydrogens (tertiary/aromatic N) is 1. The van der Waals surface area contributed by atoms with E-state index >= 15 is 0 Å². The summed E-state index contributed by atoms with van der Waals surface area (Å²) in [7, 11) is 0. The first-order valence-electron chi connectivity index (χ1n) is 12.1. The molecule has 2 heterocycles. The van der Waals surface area contributed by atoms with Crippen molar-refractivity contribution in [1.82, 2.24) is 4.57 Å². The molecule has 0 aliphatic carbocycles. The van der Waals surface area contributed by atoms with E-state index in [9.17, 15) is 9.59 Å². The molecule has 7 heteroatoms. The molecule has 0 radical (unpaired) electrons. The van der Waals surface area contributed by atoms with E-state index in [0.29, 0.717) is 41.5 Å². The minimum atomic E-state index is -0.570. The van der Waals surface area contributed by atoms with E-state index in [1.807, 2.05) is 79.1 Å². The molecule has 1 aliphatic rings. The van der Waals surface area contributed by atoms with Gasteiger partial charge < -0.3 is 23.5 Å². The quantitative estimate of drug-likeness (QED) is 0.227. The van der Waals surface area contributed by atoms with Crippen LogP contribution in [-0.2, 0) is 11.3 Å². The zero-order valence-corrected chi connectivity index (χ0v) is 20.7. The van der Waals surface area contributed by atoms with Crippen molar-refractivity contribution in [3.63, 3.8) is 0 Å². The molecular weight excluding hydrogens is 470 g/mol. The number of carbonyl (C=O) groups is 2. The Balaban J connectivity index is 1.18. The second-order valence-electron chi connectivity index (χ2n) is 8.83. The van der Waals surface area contributed by atoms with Crippen molar-refractivity contribution in [2.75, 3.05) is 13.2 Å². The molecule has 1 aromatic heterocycles. The Morgan fingerprint density at radius 1 is 0.892 bits per heavy atom. The van der Waals surface area contributed by atoms with Gasteiger partial charge >= 0.3 is 5.97 Å². The van der Waals surface area contributed by atoms with Gasteiger partial charge in [-0.2, -0.15) is 0 Å². The van der Waals surface area contributed by atoms with Crippen molar-refractivity contribution >= 4 is 11.8 Å². The molecule has 5 rings (SSSR count). The zero-order valence-electron chi connectivity index (χ0n) is 20.7. The van der Waals surface area contributed by atoms with Crippen LogP contribution in [0.2, 0.25) is 0 Å². The Morgan fingerprint density at radius 3 is 2.32 bits per heavy atom.